The predicted octanol–water partition coefficient (Wildman–Crippen LogP) is 1.35. The van der Waals surface area contributed by atoms with E-state index in [1.54, 1.807) is 12.1 Å². The summed E-state index contributed by atoms with van der Waals surface area (Å²) >= 11 is 0. The minimum absolute atomic E-state index is 0.153. The molecular formula is C14H17N3O. The van der Waals surface area contributed by atoms with Crippen molar-refractivity contribution in [3.05, 3.63) is 23.8 Å². The molecule has 4 nitrogen and oxygen atoms in total. The van der Waals surface area contributed by atoms with Gasteiger partial charge < -0.3 is 15.7 Å². The molecule has 3 rings (SSSR count). The van der Waals surface area contributed by atoms with Crippen LogP contribution in [-0.4, -0.2) is 24.3 Å². The van der Waals surface area contributed by atoms with Crippen molar-refractivity contribution in [3.63, 3.8) is 0 Å². The third-order valence-electron chi connectivity index (χ3n) is 4.32. The normalized spacial score (nSPS) is 30.2. The molecule has 1 aliphatic heterocycles. The van der Waals surface area contributed by atoms with Crippen molar-refractivity contribution in [2.75, 3.05) is 23.7 Å². The average molecular weight is 243 g/mol. The van der Waals surface area contributed by atoms with Gasteiger partial charge in [-0.15, -0.1) is 0 Å². The van der Waals surface area contributed by atoms with Gasteiger partial charge in [-0.3, -0.25) is 0 Å². The van der Waals surface area contributed by atoms with Gasteiger partial charge in [-0.05, 0) is 37.0 Å². The van der Waals surface area contributed by atoms with E-state index >= 15 is 0 Å². The molecule has 0 bridgehead atoms. The Morgan fingerprint density at radius 2 is 2.17 bits per heavy atom. The van der Waals surface area contributed by atoms with Crippen molar-refractivity contribution >= 4 is 11.4 Å². The number of nitrogens with zero attached hydrogens (tertiary/aromatic N) is 2. The molecule has 1 aliphatic carbocycles. The zero-order chi connectivity index (χ0) is 12.7. The Morgan fingerprint density at radius 3 is 2.83 bits per heavy atom. The van der Waals surface area contributed by atoms with Gasteiger partial charge in [0.25, 0.3) is 0 Å². The number of nitrogens with two attached hydrogens (primary N) is 1. The second-order valence-electron chi connectivity index (χ2n) is 5.36. The Labute approximate surface area is 107 Å². The lowest BCUT2D eigenvalue weighted by molar-refractivity contribution is 0.133. The molecule has 0 radical (unpaired) electrons. The summed E-state index contributed by atoms with van der Waals surface area (Å²) in [6.07, 6.45) is 1.89. The Kier molecular flexibility index (Phi) is 2.64. The lowest BCUT2D eigenvalue weighted by Crippen LogP contribution is -2.25. The van der Waals surface area contributed by atoms with Crippen molar-refractivity contribution in [3.8, 4) is 6.07 Å². The number of fused-ring (bicyclic) bond motifs is 1. The first-order valence-corrected chi connectivity index (χ1v) is 6.41. The summed E-state index contributed by atoms with van der Waals surface area (Å²) in [5.74, 6) is 0.982. The number of nitriles is 1. The number of aliphatic hydroxyl groups is 1. The quantitative estimate of drug-likeness (QED) is 0.730. The van der Waals surface area contributed by atoms with Crippen LogP contribution in [0.25, 0.3) is 0 Å². The molecule has 1 saturated heterocycles. The number of benzene rings is 1. The highest BCUT2D eigenvalue weighted by atomic mass is 16.3. The maximum atomic E-state index is 9.91. The van der Waals surface area contributed by atoms with E-state index in [2.05, 4.69) is 11.0 Å². The van der Waals surface area contributed by atoms with Crippen LogP contribution >= 0.6 is 0 Å². The lowest BCUT2D eigenvalue weighted by atomic mass is 10.00. The molecule has 1 saturated carbocycles. The second-order valence-corrected chi connectivity index (χ2v) is 5.36. The number of aliphatic hydroxyl groups excluding tert-OH is 1. The molecule has 18 heavy (non-hydrogen) atoms. The number of hydrogen-bond acceptors (Lipinski definition) is 4. The van der Waals surface area contributed by atoms with Crippen LogP contribution in [0.15, 0.2) is 18.2 Å². The van der Waals surface area contributed by atoms with Crippen LogP contribution in [0.5, 0.6) is 0 Å². The molecule has 0 aromatic heterocycles. The van der Waals surface area contributed by atoms with Crippen molar-refractivity contribution in [2.24, 2.45) is 11.8 Å². The summed E-state index contributed by atoms with van der Waals surface area (Å²) in [6, 6.07) is 7.54. The molecular weight excluding hydrogens is 226 g/mol. The van der Waals surface area contributed by atoms with Gasteiger partial charge in [0.05, 0.1) is 29.1 Å². The standard InChI is InChI=1S/C14H17N3O/c15-6-9-1-3-13(12(16)5-9)17-7-10-2-4-14(18)11(10)8-17/h1,3,5,10-11,14,18H,2,4,7-8,16H2. The fraction of sp³-hybridized carbons (Fsp3) is 0.500. The number of hydrogen-bond donors (Lipinski definition) is 2. The molecule has 0 spiro atoms. The first-order valence-electron chi connectivity index (χ1n) is 6.41. The van der Waals surface area contributed by atoms with Gasteiger partial charge in [0.1, 0.15) is 0 Å². The van der Waals surface area contributed by atoms with Crippen molar-refractivity contribution < 1.29 is 5.11 Å². The third-order valence-corrected chi connectivity index (χ3v) is 4.32. The van der Waals surface area contributed by atoms with Crippen LogP contribution in [0.2, 0.25) is 0 Å². The van der Waals surface area contributed by atoms with Crippen LogP contribution in [0.4, 0.5) is 11.4 Å². The highest BCUT2D eigenvalue weighted by Gasteiger charge is 2.42. The highest BCUT2D eigenvalue weighted by Crippen LogP contribution is 2.41. The fourth-order valence-electron chi connectivity index (χ4n) is 3.35. The van der Waals surface area contributed by atoms with Gasteiger partial charge >= 0.3 is 0 Å². The molecule has 1 aromatic rings. The zero-order valence-corrected chi connectivity index (χ0v) is 10.2. The van der Waals surface area contributed by atoms with Crippen molar-refractivity contribution in [1.82, 2.24) is 0 Å². The van der Waals surface area contributed by atoms with E-state index in [0.29, 0.717) is 23.1 Å². The van der Waals surface area contributed by atoms with Gasteiger partial charge in [0, 0.05) is 19.0 Å². The zero-order valence-electron chi connectivity index (χ0n) is 10.2. The average Bonchev–Trinajstić information content (AvgIpc) is 2.92. The van der Waals surface area contributed by atoms with Gasteiger partial charge in [0.15, 0.2) is 0 Å². The smallest absolute Gasteiger partial charge is 0.0992 e. The van der Waals surface area contributed by atoms with E-state index in [4.69, 9.17) is 11.0 Å². The van der Waals surface area contributed by atoms with Gasteiger partial charge in [-0.1, -0.05) is 0 Å². The van der Waals surface area contributed by atoms with Crippen molar-refractivity contribution in [1.29, 1.82) is 5.26 Å². The van der Waals surface area contributed by atoms with Crippen LogP contribution in [0.3, 0.4) is 0 Å². The molecule has 4 heteroatoms. The number of nitrogen functional groups attached to an aromatic ring is 1. The van der Waals surface area contributed by atoms with Crippen molar-refractivity contribution in [2.45, 2.75) is 18.9 Å². The summed E-state index contributed by atoms with van der Waals surface area (Å²) < 4.78 is 0. The minimum atomic E-state index is -0.153. The topological polar surface area (TPSA) is 73.3 Å². The van der Waals surface area contributed by atoms with E-state index in [0.717, 1.165) is 31.6 Å². The Hall–Kier alpha value is -1.73. The molecule has 0 amide bonds. The molecule has 3 N–H and O–H groups in total. The molecule has 3 unspecified atom stereocenters. The Balaban J connectivity index is 1.83. The van der Waals surface area contributed by atoms with E-state index in [1.807, 2.05) is 6.07 Å². The van der Waals surface area contributed by atoms with Gasteiger partial charge in [-0.25, -0.2) is 0 Å². The summed E-state index contributed by atoms with van der Waals surface area (Å²) in [5.41, 5.74) is 8.25. The van der Waals surface area contributed by atoms with E-state index in [9.17, 15) is 5.11 Å². The summed E-state index contributed by atoms with van der Waals surface area (Å²) in [4.78, 5) is 2.24. The second kappa shape index (κ2) is 4.18. The molecule has 2 fully saturated rings. The summed E-state index contributed by atoms with van der Waals surface area (Å²) in [5, 5.41) is 18.7. The van der Waals surface area contributed by atoms with Crippen LogP contribution in [-0.2, 0) is 0 Å². The SMILES string of the molecule is N#Cc1ccc(N2CC3CCC(O)C3C2)c(N)c1. The molecule has 3 atom stereocenters. The Morgan fingerprint density at radius 1 is 1.33 bits per heavy atom. The largest absolute Gasteiger partial charge is 0.397 e. The van der Waals surface area contributed by atoms with Gasteiger partial charge in [0.2, 0.25) is 0 Å². The predicted molar refractivity (Wildman–Crippen MR) is 70.0 cm³/mol. The first-order chi connectivity index (χ1) is 8.69. The van der Waals surface area contributed by atoms with Gasteiger partial charge in [-0.2, -0.15) is 5.26 Å². The lowest BCUT2D eigenvalue weighted by Gasteiger charge is -2.22. The number of anilines is 2. The summed E-state index contributed by atoms with van der Waals surface area (Å²) in [6.45, 7) is 1.85. The minimum Gasteiger partial charge on any atom is -0.397 e. The van der Waals surface area contributed by atoms with Crippen LogP contribution < -0.4 is 10.6 Å². The third kappa shape index (κ3) is 1.72. The van der Waals surface area contributed by atoms with E-state index in [1.165, 1.54) is 0 Å². The van der Waals surface area contributed by atoms with Crippen LogP contribution in [0, 0.1) is 23.2 Å². The number of rotatable bonds is 1. The highest BCUT2D eigenvalue weighted by molar-refractivity contribution is 5.70. The monoisotopic (exact) mass is 243 g/mol. The molecule has 1 aromatic carbocycles. The maximum Gasteiger partial charge on any atom is 0.0992 e. The van der Waals surface area contributed by atoms with E-state index in [-0.39, 0.29) is 6.10 Å². The Bertz CT molecular complexity index is 508. The fourth-order valence-corrected chi connectivity index (χ4v) is 3.35. The summed E-state index contributed by atoms with van der Waals surface area (Å²) in [7, 11) is 0. The van der Waals surface area contributed by atoms with E-state index < -0.39 is 0 Å². The molecule has 94 valence electrons. The van der Waals surface area contributed by atoms with Crippen LogP contribution in [0.1, 0.15) is 18.4 Å². The maximum absolute atomic E-state index is 9.91. The molecule has 1 heterocycles. The first kappa shape index (κ1) is 11.4. The molecule has 2 aliphatic rings.